The molecule has 0 unspecified atom stereocenters. The summed E-state index contributed by atoms with van der Waals surface area (Å²) in [6, 6.07) is 19.0. The van der Waals surface area contributed by atoms with Gasteiger partial charge in [-0.15, -0.1) is 0 Å². The third-order valence-electron chi connectivity index (χ3n) is 6.30. The van der Waals surface area contributed by atoms with Crippen molar-refractivity contribution in [2.24, 2.45) is 5.10 Å². The Morgan fingerprint density at radius 1 is 1.00 bits per heavy atom. The van der Waals surface area contributed by atoms with E-state index >= 15 is 0 Å². The number of nitrogens with zero attached hydrogens (tertiary/aromatic N) is 4. The van der Waals surface area contributed by atoms with Crippen LogP contribution in [0.5, 0.6) is 5.75 Å². The quantitative estimate of drug-likeness (QED) is 0.337. The highest BCUT2D eigenvalue weighted by Gasteiger charge is 2.20. The molecule has 4 rings (SSSR count). The van der Waals surface area contributed by atoms with Crippen molar-refractivity contribution in [2.75, 3.05) is 45.2 Å². The van der Waals surface area contributed by atoms with Crippen molar-refractivity contribution in [1.82, 2.24) is 9.31 Å². The predicted octanol–water partition coefficient (Wildman–Crippen LogP) is 4.12. The van der Waals surface area contributed by atoms with Crippen LogP contribution in [0.25, 0.3) is 0 Å². The molecule has 1 heterocycles. The fourth-order valence-electron chi connectivity index (χ4n) is 4.13. The molecule has 0 spiro atoms. The Labute approximate surface area is 212 Å². The lowest BCUT2D eigenvalue weighted by molar-refractivity contribution is 0.246. The first-order valence-corrected chi connectivity index (χ1v) is 13.2. The van der Waals surface area contributed by atoms with Gasteiger partial charge in [0.1, 0.15) is 11.6 Å². The summed E-state index contributed by atoms with van der Waals surface area (Å²) in [5.74, 6) is 0.542. The lowest BCUT2D eigenvalue weighted by atomic mass is 10.1. The molecule has 0 atom stereocenters. The van der Waals surface area contributed by atoms with Gasteiger partial charge in [-0.05, 0) is 67.1 Å². The SMILES string of the molecule is COc1ccc(/C=N\N(C)S(=O)(=O)c2ccc(C)cc2)cc1CN1CCN(c2ccc(F)cc2)CC1. The van der Waals surface area contributed by atoms with Crippen molar-refractivity contribution in [1.29, 1.82) is 0 Å². The summed E-state index contributed by atoms with van der Waals surface area (Å²) >= 11 is 0. The summed E-state index contributed by atoms with van der Waals surface area (Å²) in [4.78, 5) is 4.79. The molecule has 0 amide bonds. The number of methoxy groups -OCH3 is 1. The van der Waals surface area contributed by atoms with E-state index in [1.54, 1.807) is 37.6 Å². The highest BCUT2D eigenvalue weighted by Crippen LogP contribution is 2.23. The largest absolute Gasteiger partial charge is 0.496 e. The molecule has 36 heavy (non-hydrogen) atoms. The third kappa shape index (κ3) is 6.03. The molecule has 0 aromatic heterocycles. The second-order valence-electron chi connectivity index (χ2n) is 8.81. The summed E-state index contributed by atoms with van der Waals surface area (Å²) in [5, 5.41) is 4.19. The van der Waals surface area contributed by atoms with Crippen LogP contribution in [0.3, 0.4) is 0 Å². The summed E-state index contributed by atoms with van der Waals surface area (Å²) in [6.45, 7) is 6.00. The molecule has 0 N–H and O–H groups in total. The van der Waals surface area contributed by atoms with Crippen LogP contribution in [0.1, 0.15) is 16.7 Å². The fraction of sp³-hybridized carbons (Fsp3) is 0.296. The summed E-state index contributed by atoms with van der Waals surface area (Å²) in [6.07, 6.45) is 1.54. The number of aryl methyl sites for hydroxylation is 1. The van der Waals surface area contributed by atoms with E-state index in [4.69, 9.17) is 4.74 Å². The van der Waals surface area contributed by atoms with E-state index in [0.29, 0.717) is 6.54 Å². The van der Waals surface area contributed by atoms with Crippen molar-refractivity contribution in [3.05, 3.63) is 89.2 Å². The van der Waals surface area contributed by atoms with E-state index in [2.05, 4.69) is 14.9 Å². The average molecular weight is 511 g/mol. The molecule has 1 saturated heterocycles. The molecule has 3 aromatic carbocycles. The van der Waals surface area contributed by atoms with Gasteiger partial charge in [0.05, 0.1) is 18.2 Å². The second kappa shape index (κ2) is 11.1. The lowest BCUT2D eigenvalue weighted by Crippen LogP contribution is -2.46. The van der Waals surface area contributed by atoms with E-state index in [1.165, 1.54) is 19.2 Å². The van der Waals surface area contributed by atoms with E-state index in [0.717, 1.165) is 58.7 Å². The Morgan fingerprint density at radius 3 is 2.31 bits per heavy atom. The number of hydrogen-bond acceptors (Lipinski definition) is 6. The predicted molar refractivity (Wildman–Crippen MR) is 141 cm³/mol. The van der Waals surface area contributed by atoms with Crippen molar-refractivity contribution in [3.8, 4) is 5.75 Å². The summed E-state index contributed by atoms with van der Waals surface area (Å²) < 4.78 is 45.4. The maximum atomic E-state index is 13.2. The molecular formula is C27H31FN4O3S. The molecule has 0 radical (unpaired) electrons. The van der Waals surface area contributed by atoms with E-state index in [9.17, 15) is 12.8 Å². The monoisotopic (exact) mass is 510 g/mol. The van der Waals surface area contributed by atoms with E-state index in [-0.39, 0.29) is 10.7 Å². The van der Waals surface area contributed by atoms with Gasteiger partial charge in [0.25, 0.3) is 10.0 Å². The minimum absolute atomic E-state index is 0.197. The van der Waals surface area contributed by atoms with Gasteiger partial charge in [0.2, 0.25) is 0 Å². The van der Waals surface area contributed by atoms with Crippen LogP contribution >= 0.6 is 0 Å². The molecule has 0 bridgehead atoms. The molecule has 3 aromatic rings. The third-order valence-corrected chi connectivity index (χ3v) is 7.96. The standard InChI is InChI=1S/C27H31FN4O3S/c1-21-4-11-26(12-5-21)36(33,34)30(2)29-19-22-6-13-27(35-3)23(18-22)20-31-14-16-32(17-15-31)25-9-7-24(28)8-10-25/h4-13,18-19H,14-17,20H2,1-3H3/b29-19-. The number of hydrazone groups is 1. The van der Waals surface area contributed by atoms with Gasteiger partial charge in [0, 0.05) is 51.0 Å². The fourth-order valence-corrected chi connectivity index (χ4v) is 5.09. The number of benzene rings is 3. The molecule has 9 heteroatoms. The van der Waals surface area contributed by atoms with Crippen LogP contribution in [-0.2, 0) is 16.6 Å². The van der Waals surface area contributed by atoms with Crippen molar-refractivity contribution < 1.29 is 17.5 Å². The first-order chi connectivity index (χ1) is 17.3. The average Bonchev–Trinajstić information content (AvgIpc) is 2.88. The molecule has 1 fully saturated rings. The zero-order chi connectivity index (χ0) is 25.7. The number of piperazine rings is 1. The van der Waals surface area contributed by atoms with Gasteiger partial charge in [-0.2, -0.15) is 17.9 Å². The van der Waals surface area contributed by atoms with Gasteiger partial charge in [0.15, 0.2) is 0 Å². The molecule has 1 aliphatic rings. The maximum absolute atomic E-state index is 13.2. The van der Waals surface area contributed by atoms with E-state index in [1.807, 2.05) is 37.3 Å². The number of anilines is 1. The zero-order valence-corrected chi connectivity index (χ0v) is 21.6. The first-order valence-electron chi connectivity index (χ1n) is 11.8. The van der Waals surface area contributed by atoms with Crippen molar-refractivity contribution in [2.45, 2.75) is 18.4 Å². The number of ether oxygens (including phenoxy) is 1. The highest BCUT2D eigenvalue weighted by molar-refractivity contribution is 7.89. The van der Waals surface area contributed by atoms with Gasteiger partial charge in [-0.1, -0.05) is 17.7 Å². The van der Waals surface area contributed by atoms with Gasteiger partial charge >= 0.3 is 0 Å². The van der Waals surface area contributed by atoms with Gasteiger partial charge in [-0.3, -0.25) is 4.90 Å². The van der Waals surface area contributed by atoms with Crippen LogP contribution in [-0.4, -0.2) is 64.3 Å². The normalized spacial score (nSPS) is 14.8. The lowest BCUT2D eigenvalue weighted by Gasteiger charge is -2.36. The smallest absolute Gasteiger partial charge is 0.278 e. The number of hydrogen-bond donors (Lipinski definition) is 0. The molecule has 1 aliphatic heterocycles. The van der Waals surface area contributed by atoms with E-state index < -0.39 is 10.0 Å². The zero-order valence-electron chi connectivity index (χ0n) is 20.8. The van der Waals surface area contributed by atoms with Crippen molar-refractivity contribution >= 4 is 21.9 Å². The minimum Gasteiger partial charge on any atom is -0.496 e. The number of sulfonamides is 1. The van der Waals surface area contributed by atoms with Crippen molar-refractivity contribution in [3.63, 3.8) is 0 Å². The number of rotatable bonds is 8. The highest BCUT2D eigenvalue weighted by atomic mass is 32.2. The first kappa shape index (κ1) is 25.7. The maximum Gasteiger partial charge on any atom is 0.278 e. The van der Waals surface area contributed by atoms with Crippen LogP contribution in [0, 0.1) is 12.7 Å². The Balaban J connectivity index is 1.42. The second-order valence-corrected chi connectivity index (χ2v) is 10.8. The van der Waals surface area contributed by atoms with Gasteiger partial charge in [-0.25, -0.2) is 4.39 Å². The minimum atomic E-state index is -3.73. The molecule has 7 nitrogen and oxygen atoms in total. The number of halogens is 1. The van der Waals surface area contributed by atoms with Crippen LogP contribution < -0.4 is 9.64 Å². The molecule has 190 valence electrons. The summed E-state index contributed by atoms with van der Waals surface area (Å²) in [7, 11) is -0.658. The topological polar surface area (TPSA) is 65.5 Å². The Kier molecular flexibility index (Phi) is 7.91. The molecular weight excluding hydrogens is 479 g/mol. The van der Waals surface area contributed by atoms with Crippen LogP contribution in [0.2, 0.25) is 0 Å². The van der Waals surface area contributed by atoms with Gasteiger partial charge < -0.3 is 9.64 Å². The van der Waals surface area contributed by atoms with Crippen LogP contribution in [0.15, 0.2) is 76.7 Å². The Morgan fingerprint density at radius 2 is 1.67 bits per heavy atom. The summed E-state index contributed by atoms with van der Waals surface area (Å²) in [5.41, 5.74) is 3.79. The molecule has 0 aliphatic carbocycles. The Bertz CT molecular complexity index is 1300. The molecule has 0 saturated carbocycles. The van der Waals surface area contributed by atoms with Crippen LogP contribution in [0.4, 0.5) is 10.1 Å². The Hall–Kier alpha value is -3.43.